The third-order valence-electron chi connectivity index (χ3n) is 6.07. The summed E-state index contributed by atoms with van der Waals surface area (Å²) in [5, 5.41) is 6.28. The van der Waals surface area contributed by atoms with Gasteiger partial charge in [0.15, 0.2) is 0 Å². The summed E-state index contributed by atoms with van der Waals surface area (Å²) in [5.74, 6) is -1.51. The molecule has 4 rings (SSSR count). The van der Waals surface area contributed by atoms with Gasteiger partial charge < -0.3 is 25.8 Å². The van der Waals surface area contributed by atoms with Crippen LogP contribution in [0, 0.1) is 0 Å². The average molecular weight is 552 g/mol. The molecule has 1 aliphatic rings. The molecular formula is C26H26BrN5O4. The van der Waals surface area contributed by atoms with Gasteiger partial charge >= 0.3 is 0 Å². The normalized spacial score (nSPS) is 14.1. The first-order chi connectivity index (χ1) is 17.2. The maximum Gasteiger partial charge on any atom is 0.254 e. The van der Waals surface area contributed by atoms with Crippen LogP contribution in [0.1, 0.15) is 15.9 Å². The van der Waals surface area contributed by atoms with Crippen LogP contribution in [0.25, 0.3) is 10.9 Å². The van der Waals surface area contributed by atoms with E-state index in [4.69, 9.17) is 5.73 Å². The predicted octanol–water partition coefficient (Wildman–Crippen LogP) is 1.74. The molecule has 36 heavy (non-hydrogen) atoms. The van der Waals surface area contributed by atoms with Gasteiger partial charge in [-0.25, -0.2) is 0 Å². The fourth-order valence-corrected chi connectivity index (χ4v) is 4.56. The SMILES string of the molecule is C=CC(=O)N1CC(NC(=O)Cn2cc(C(=O)NC(Cc3ccccc3)C(N)=O)c3cc(Br)ccc32)C1. The highest BCUT2D eigenvalue weighted by atomic mass is 79.9. The first-order valence-corrected chi connectivity index (χ1v) is 12.2. The highest BCUT2D eigenvalue weighted by Crippen LogP contribution is 2.26. The molecule has 186 valence electrons. The monoisotopic (exact) mass is 551 g/mol. The lowest BCUT2D eigenvalue weighted by Gasteiger charge is -2.38. The zero-order valence-corrected chi connectivity index (χ0v) is 21.0. The summed E-state index contributed by atoms with van der Waals surface area (Å²) in [6, 6.07) is 13.7. The van der Waals surface area contributed by atoms with Crippen molar-refractivity contribution in [1.82, 2.24) is 20.1 Å². The molecule has 1 aromatic heterocycles. The topological polar surface area (TPSA) is 127 Å². The number of nitrogens with two attached hydrogens (primary N) is 1. The van der Waals surface area contributed by atoms with Crippen molar-refractivity contribution in [3.05, 3.63) is 83.0 Å². The van der Waals surface area contributed by atoms with Gasteiger partial charge in [-0.2, -0.15) is 0 Å². The van der Waals surface area contributed by atoms with Crippen molar-refractivity contribution in [3.63, 3.8) is 0 Å². The third-order valence-corrected chi connectivity index (χ3v) is 6.56. The minimum Gasteiger partial charge on any atom is -0.368 e. The standard InChI is InChI=1S/C26H26BrN5O4/c1-2-24(34)32-12-18(13-32)29-23(33)15-31-14-20(19-11-17(27)8-9-22(19)31)26(36)30-21(25(28)35)10-16-6-4-3-5-7-16/h2-9,11,14,18,21H,1,10,12-13,15H2,(H2,28,35)(H,29,33)(H,30,36). The highest BCUT2D eigenvalue weighted by Gasteiger charge is 2.30. The Balaban J connectivity index is 1.50. The molecule has 1 saturated heterocycles. The van der Waals surface area contributed by atoms with Gasteiger partial charge in [0.05, 0.1) is 11.6 Å². The Morgan fingerprint density at radius 2 is 1.86 bits per heavy atom. The van der Waals surface area contributed by atoms with Gasteiger partial charge in [0.25, 0.3) is 5.91 Å². The van der Waals surface area contributed by atoms with E-state index in [0.717, 1.165) is 10.0 Å². The number of amides is 4. The first-order valence-electron chi connectivity index (χ1n) is 11.4. The van der Waals surface area contributed by atoms with Gasteiger partial charge in [0.2, 0.25) is 17.7 Å². The lowest BCUT2D eigenvalue weighted by molar-refractivity contribution is -0.133. The fourth-order valence-electron chi connectivity index (χ4n) is 4.20. The van der Waals surface area contributed by atoms with E-state index in [1.807, 2.05) is 42.5 Å². The quantitative estimate of drug-likeness (QED) is 0.350. The number of aromatic nitrogens is 1. The van der Waals surface area contributed by atoms with E-state index in [-0.39, 0.29) is 30.8 Å². The Labute approximate surface area is 216 Å². The van der Waals surface area contributed by atoms with Crippen LogP contribution in [0.5, 0.6) is 0 Å². The zero-order valence-electron chi connectivity index (χ0n) is 19.4. The van der Waals surface area contributed by atoms with Crippen LogP contribution in [0.3, 0.4) is 0 Å². The third kappa shape index (κ3) is 5.65. The van der Waals surface area contributed by atoms with Gasteiger partial charge in [-0.1, -0.05) is 52.8 Å². The molecular weight excluding hydrogens is 526 g/mol. The molecule has 4 amide bonds. The Morgan fingerprint density at radius 3 is 2.53 bits per heavy atom. The van der Waals surface area contributed by atoms with E-state index < -0.39 is 17.9 Å². The fraction of sp³-hybridized carbons (Fsp3) is 0.231. The minimum atomic E-state index is -0.895. The van der Waals surface area contributed by atoms with E-state index in [1.54, 1.807) is 21.7 Å². The number of halogens is 1. The molecule has 2 heterocycles. The van der Waals surface area contributed by atoms with E-state index in [9.17, 15) is 19.2 Å². The number of nitrogens with one attached hydrogen (secondary N) is 2. The maximum absolute atomic E-state index is 13.2. The summed E-state index contributed by atoms with van der Waals surface area (Å²) < 4.78 is 2.46. The number of fused-ring (bicyclic) bond motifs is 1. The van der Waals surface area contributed by atoms with Crippen molar-refractivity contribution >= 4 is 50.5 Å². The maximum atomic E-state index is 13.2. The molecule has 1 atom stereocenters. The molecule has 9 nitrogen and oxygen atoms in total. The van der Waals surface area contributed by atoms with Gasteiger partial charge in [0.1, 0.15) is 12.6 Å². The first kappa shape index (κ1) is 25.2. The molecule has 0 bridgehead atoms. The Hall–Kier alpha value is -3.92. The molecule has 3 aromatic rings. The van der Waals surface area contributed by atoms with Crippen LogP contribution in [-0.2, 0) is 27.3 Å². The molecule has 10 heteroatoms. The Morgan fingerprint density at radius 1 is 1.14 bits per heavy atom. The lowest BCUT2D eigenvalue weighted by atomic mass is 10.0. The number of carbonyl (C=O) groups is 4. The average Bonchev–Trinajstić information content (AvgIpc) is 3.18. The highest BCUT2D eigenvalue weighted by molar-refractivity contribution is 9.10. The molecule has 2 aromatic carbocycles. The number of nitrogens with zero attached hydrogens (tertiary/aromatic N) is 2. The van der Waals surface area contributed by atoms with Gasteiger partial charge in [-0.15, -0.1) is 0 Å². The predicted molar refractivity (Wildman–Crippen MR) is 139 cm³/mol. The van der Waals surface area contributed by atoms with Crippen LogP contribution in [0.15, 0.2) is 71.9 Å². The molecule has 1 unspecified atom stereocenters. The van der Waals surface area contributed by atoms with Crippen molar-refractivity contribution in [2.24, 2.45) is 5.73 Å². The summed E-state index contributed by atoms with van der Waals surface area (Å²) in [6.07, 6.45) is 3.11. The van der Waals surface area contributed by atoms with Crippen molar-refractivity contribution < 1.29 is 19.2 Å². The summed E-state index contributed by atoms with van der Waals surface area (Å²) in [6.45, 7) is 4.31. The largest absolute Gasteiger partial charge is 0.368 e. The molecule has 1 fully saturated rings. The summed E-state index contributed by atoms with van der Waals surface area (Å²) >= 11 is 3.43. The number of hydrogen-bond donors (Lipinski definition) is 3. The number of hydrogen-bond acceptors (Lipinski definition) is 4. The van der Waals surface area contributed by atoms with Crippen LogP contribution >= 0.6 is 15.9 Å². The van der Waals surface area contributed by atoms with E-state index >= 15 is 0 Å². The Kier molecular flexibility index (Phi) is 7.54. The van der Waals surface area contributed by atoms with Crippen LogP contribution < -0.4 is 16.4 Å². The Bertz CT molecular complexity index is 1330. The molecule has 1 aliphatic heterocycles. The smallest absolute Gasteiger partial charge is 0.254 e. The number of benzene rings is 2. The molecule has 4 N–H and O–H groups in total. The van der Waals surface area contributed by atoms with Gasteiger partial charge in [0, 0.05) is 41.1 Å². The number of carbonyl (C=O) groups excluding carboxylic acids is 4. The number of primary amides is 1. The molecule has 0 saturated carbocycles. The second-order valence-corrected chi connectivity index (χ2v) is 9.58. The van der Waals surface area contributed by atoms with Crippen molar-refractivity contribution in [2.45, 2.75) is 25.0 Å². The van der Waals surface area contributed by atoms with Crippen molar-refractivity contribution in [2.75, 3.05) is 13.1 Å². The summed E-state index contributed by atoms with van der Waals surface area (Å²) in [5.41, 5.74) is 7.45. The van der Waals surface area contributed by atoms with Crippen LogP contribution in [-0.4, -0.2) is 58.3 Å². The van der Waals surface area contributed by atoms with Gasteiger partial charge in [-0.05, 0) is 29.8 Å². The number of likely N-dealkylation sites (tertiary alicyclic amines) is 1. The second kappa shape index (κ2) is 10.8. The van der Waals surface area contributed by atoms with E-state index in [0.29, 0.717) is 29.6 Å². The molecule has 0 radical (unpaired) electrons. The van der Waals surface area contributed by atoms with Crippen LogP contribution in [0.2, 0.25) is 0 Å². The molecule has 0 aliphatic carbocycles. The van der Waals surface area contributed by atoms with E-state index in [2.05, 4.69) is 33.1 Å². The molecule has 0 spiro atoms. The van der Waals surface area contributed by atoms with Crippen molar-refractivity contribution in [1.29, 1.82) is 0 Å². The van der Waals surface area contributed by atoms with E-state index in [1.165, 1.54) is 6.08 Å². The summed E-state index contributed by atoms with van der Waals surface area (Å²) in [4.78, 5) is 51.2. The van der Waals surface area contributed by atoms with Gasteiger partial charge in [-0.3, -0.25) is 19.2 Å². The van der Waals surface area contributed by atoms with Crippen LogP contribution in [0.4, 0.5) is 0 Å². The lowest BCUT2D eigenvalue weighted by Crippen LogP contribution is -2.61. The second-order valence-electron chi connectivity index (χ2n) is 8.66. The van der Waals surface area contributed by atoms with Crippen molar-refractivity contribution in [3.8, 4) is 0 Å². The zero-order chi connectivity index (χ0) is 25.8. The number of rotatable bonds is 9. The summed E-state index contributed by atoms with van der Waals surface area (Å²) in [7, 11) is 0. The minimum absolute atomic E-state index is 0.0133.